The Hall–Kier alpha value is -0.820. The summed E-state index contributed by atoms with van der Waals surface area (Å²) in [5, 5.41) is 2.87. The van der Waals surface area contributed by atoms with Gasteiger partial charge < -0.3 is 10.1 Å². The van der Waals surface area contributed by atoms with Gasteiger partial charge in [-0.1, -0.05) is 19.3 Å². The topological polar surface area (TPSA) is 84.5 Å². The Morgan fingerprint density at radius 2 is 1.75 bits per heavy atom. The Morgan fingerprint density at radius 1 is 1.20 bits per heavy atom. The highest BCUT2D eigenvalue weighted by Gasteiger charge is 2.35. The summed E-state index contributed by atoms with van der Waals surface area (Å²) in [6.45, 7) is 5.61. The predicted molar refractivity (Wildman–Crippen MR) is 78.0 cm³/mol. The number of hydrogen-bond acceptors (Lipinski definition) is 4. The predicted octanol–water partition coefficient (Wildman–Crippen LogP) is 1.76. The lowest BCUT2D eigenvalue weighted by atomic mass is 9.82. The number of carbonyl (C=O) groups excluding carboxylic acids is 1. The second-order valence-corrected chi connectivity index (χ2v) is 8.39. The lowest BCUT2D eigenvalue weighted by Crippen LogP contribution is -2.57. The van der Waals surface area contributed by atoms with Crippen LogP contribution < -0.4 is 10.0 Å². The third-order valence-electron chi connectivity index (χ3n) is 3.25. The normalized spacial score (nSPS) is 19.4. The van der Waals surface area contributed by atoms with Crippen LogP contribution in [0.4, 0.5) is 4.79 Å². The van der Waals surface area contributed by atoms with Gasteiger partial charge in [0.2, 0.25) is 10.0 Å². The van der Waals surface area contributed by atoms with Crippen LogP contribution in [-0.4, -0.2) is 38.5 Å². The number of ether oxygens (including phenoxy) is 1. The minimum absolute atomic E-state index is 0.213. The molecular formula is C13H26N2O4S. The van der Waals surface area contributed by atoms with Crippen LogP contribution in [0.2, 0.25) is 0 Å². The molecule has 7 heteroatoms. The molecule has 1 amide bonds. The molecule has 0 bridgehead atoms. The van der Waals surface area contributed by atoms with Crippen molar-refractivity contribution in [3.63, 3.8) is 0 Å². The number of carbonyl (C=O) groups is 1. The average Bonchev–Trinajstić information content (AvgIpc) is 2.24. The summed E-state index contributed by atoms with van der Waals surface area (Å²) >= 11 is 0. The number of amides is 1. The Morgan fingerprint density at radius 3 is 2.20 bits per heavy atom. The van der Waals surface area contributed by atoms with Crippen LogP contribution in [0, 0.1) is 0 Å². The van der Waals surface area contributed by atoms with E-state index in [1.165, 1.54) is 0 Å². The molecular weight excluding hydrogens is 280 g/mol. The summed E-state index contributed by atoms with van der Waals surface area (Å²) in [6, 6.07) is 0. The van der Waals surface area contributed by atoms with E-state index in [2.05, 4.69) is 10.0 Å². The molecule has 20 heavy (non-hydrogen) atoms. The fourth-order valence-corrected chi connectivity index (χ4v) is 2.90. The van der Waals surface area contributed by atoms with Gasteiger partial charge in [0, 0.05) is 6.54 Å². The highest BCUT2D eigenvalue weighted by atomic mass is 32.2. The molecule has 0 radical (unpaired) electrons. The number of hydrogen-bond donors (Lipinski definition) is 2. The Kier molecular flexibility index (Phi) is 5.43. The summed E-state index contributed by atoms with van der Waals surface area (Å²) in [7, 11) is -3.27. The van der Waals surface area contributed by atoms with Crippen LogP contribution in [0.5, 0.6) is 0 Å². The maximum Gasteiger partial charge on any atom is 0.408 e. The lowest BCUT2D eigenvalue weighted by molar-refractivity contribution is 0.0427. The number of rotatable bonds is 4. The van der Waals surface area contributed by atoms with Crippen molar-refractivity contribution in [2.45, 2.75) is 64.0 Å². The van der Waals surface area contributed by atoms with Gasteiger partial charge in [0.25, 0.3) is 0 Å². The van der Waals surface area contributed by atoms with E-state index in [1.54, 1.807) is 20.8 Å². The molecule has 118 valence electrons. The molecule has 0 aliphatic heterocycles. The molecule has 1 aliphatic rings. The van der Waals surface area contributed by atoms with Gasteiger partial charge in [-0.05, 0) is 33.6 Å². The van der Waals surface area contributed by atoms with E-state index in [-0.39, 0.29) is 6.54 Å². The first kappa shape index (κ1) is 17.2. The van der Waals surface area contributed by atoms with Crippen LogP contribution in [0.3, 0.4) is 0 Å². The molecule has 2 N–H and O–H groups in total. The summed E-state index contributed by atoms with van der Waals surface area (Å²) in [4.78, 5) is 11.9. The number of nitrogens with one attached hydrogen (secondary N) is 2. The Bertz CT molecular complexity index is 434. The van der Waals surface area contributed by atoms with Crippen molar-refractivity contribution in [2.24, 2.45) is 0 Å². The first-order valence-electron chi connectivity index (χ1n) is 6.97. The van der Waals surface area contributed by atoms with Gasteiger partial charge in [0.1, 0.15) is 5.60 Å². The van der Waals surface area contributed by atoms with Crippen LogP contribution in [0.1, 0.15) is 52.9 Å². The van der Waals surface area contributed by atoms with E-state index in [1.807, 2.05) is 0 Å². The van der Waals surface area contributed by atoms with Gasteiger partial charge in [0.05, 0.1) is 11.8 Å². The van der Waals surface area contributed by atoms with E-state index >= 15 is 0 Å². The third-order valence-corrected chi connectivity index (χ3v) is 3.92. The smallest absolute Gasteiger partial charge is 0.408 e. The van der Waals surface area contributed by atoms with Crippen molar-refractivity contribution in [1.82, 2.24) is 10.0 Å². The van der Waals surface area contributed by atoms with E-state index < -0.39 is 27.3 Å². The Balaban J connectivity index is 2.70. The quantitative estimate of drug-likeness (QED) is 0.829. The van der Waals surface area contributed by atoms with Crippen LogP contribution in [0.15, 0.2) is 0 Å². The zero-order valence-corrected chi connectivity index (χ0v) is 13.6. The molecule has 0 unspecified atom stereocenters. The van der Waals surface area contributed by atoms with Crippen molar-refractivity contribution in [1.29, 1.82) is 0 Å². The van der Waals surface area contributed by atoms with Gasteiger partial charge in [-0.2, -0.15) is 0 Å². The van der Waals surface area contributed by atoms with Crippen molar-refractivity contribution < 1.29 is 17.9 Å². The molecule has 0 aromatic carbocycles. The van der Waals surface area contributed by atoms with Gasteiger partial charge in [-0.3, -0.25) is 0 Å². The monoisotopic (exact) mass is 306 g/mol. The standard InChI is InChI=1S/C13H26N2O4S/c1-12(2,3)19-11(16)15-13(8-6-5-7-9-13)10-14-20(4,17)18/h14H,5-10H2,1-4H3,(H,15,16). The van der Waals surface area contributed by atoms with Crippen molar-refractivity contribution >= 4 is 16.1 Å². The fraction of sp³-hybridized carbons (Fsp3) is 0.923. The first-order valence-corrected chi connectivity index (χ1v) is 8.86. The second-order valence-electron chi connectivity index (χ2n) is 6.56. The van der Waals surface area contributed by atoms with Crippen molar-refractivity contribution in [2.75, 3.05) is 12.8 Å². The molecule has 1 saturated carbocycles. The van der Waals surface area contributed by atoms with Gasteiger partial charge in [0.15, 0.2) is 0 Å². The first-order chi connectivity index (χ1) is 9.02. The number of sulfonamides is 1. The molecule has 1 aliphatic carbocycles. The lowest BCUT2D eigenvalue weighted by Gasteiger charge is -2.38. The zero-order valence-electron chi connectivity index (χ0n) is 12.8. The average molecular weight is 306 g/mol. The van der Waals surface area contributed by atoms with Gasteiger partial charge in [-0.25, -0.2) is 17.9 Å². The van der Waals surface area contributed by atoms with E-state index in [0.29, 0.717) is 0 Å². The molecule has 0 aromatic rings. The van der Waals surface area contributed by atoms with Gasteiger partial charge in [-0.15, -0.1) is 0 Å². The van der Waals surface area contributed by atoms with Crippen molar-refractivity contribution in [3.8, 4) is 0 Å². The van der Waals surface area contributed by atoms with E-state index in [9.17, 15) is 13.2 Å². The molecule has 0 atom stereocenters. The van der Waals surface area contributed by atoms with E-state index in [0.717, 1.165) is 38.4 Å². The molecule has 0 saturated heterocycles. The van der Waals surface area contributed by atoms with Crippen molar-refractivity contribution in [3.05, 3.63) is 0 Å². The SMILES string of the molecule is CC(C)(C)OC(=O)NC1(CNS(C)(=O)=O)CCCCC1. The highest BCUT2D eigenvalue weighted by molar-refractivity contribution is 7.88. The highest BCUT2D eigenvalue weighted by Crippen LogP contribution is 2.28. The van der Waals surface area contributed by atoms with Crippen LogP contribution >= 0.6 is 0 Å². The number of alkyl carbamates (subject to hydrolysis) is 1. The maximum absolute atomic E-state index is 11.9. The minimum atomic E-state index is -3.27. The largest absolute Gasteiger partial charge is 0.444 e. The summed E-state index contributed by atoms with van der Waals surface area (Å²) < 4.78 is 30.3. The maximum atomic E-state index is 11.9. The third kappa shape index (κ3) is 6.56. The van der Waals surface area contributed by atoms with Gasteiger partial charge >= 0.3 is 6.09 Å². The molecule has 0 aromatic heterocycles. The summed E-state index contributed by atoms with van der Waals surface area (Å²) in [5.41, 5.74) is -1.10. The van der Waals surface area contributed by atoms with E-state index in [4.69, 9.17) is 4.74 Å². The summed E-state index contributed by atoms with van der Waals surface area (Å²) in [6.07, 6.45) is 5.20. The van der Waals surface area contributed by atoms with Crippen LogP contribution in [0.25, 0.3) is 0 Å². The minimum Gasteiger partial charge on any atom is -0.444 e. The molecule has 6 nitrogen and oxygen atoms in total. The molecule has 0 spiro atoms. The zero-order chi connectivity index (χ0) is 15.4. The molecule has 0 heterocycles. The fourth-order valence-electron chi connectivity index (χ4n) is 2.36. The molecule has 1 rings (SSSR count). The summed E-state index contributed by atoms with van der Waals surface area (Å²) in [5.74, 6) is 0. The second kappa shape index (κ2) is 6.30. The van der Waals surface area contributed by atoms with Crippen LogP contribution in [-0.2, 0) is 14.8 Å². The molecule has 1 fully saturated rings. The Labute approximate surface area is 121 Å².